The molecule has 2 saturated heterocycles. The van der Waals surface area contributed by atoms with Gasteiger partial charge in [-0.25, -0.2) is 5.14 Å². The van der Waals surface area contributed by atoms with Crippen molar-refractivity contribution < 1.29 is 8.42 Å². The Morgan fingerprint density at radius 3 is 2.38 bits per heavy atom. The number of nitrogens with zero attached hydrogens (tertiary/aromatic N) is 2. The van der Waals surface area contributed by atoms with Crippen molar-refractivity contribution in [3.8, 4) is 0 Å². The van der Waals surface area contributed by atoms with Crippen LogP contribution in [0.3, 0.4) is 0 Å². The third-order valence-electron chi connectivity index (χ3n) is 7.03. The standard InChI is InChI=1S/C20H31N3O2S/c1-2-20(14-23(15-20)26(21,24)25)22-10-8-16(9-11-22)12-18-13-19(18)17-6-4-3-5-7-17/h3-7,16,18-19H,2,8-15H2,1H3,(H2,21,24,25)/t18?,19-/m0/s1. The minimum Gasteiger partial charge on any atom is -0.295 e. The van der Waals surface area contributed by atoms with Crippen LogP contribution in [0.2, 0.25) is 0 Å². The van der Waals surface area contributed by atoms with Crippen molar-refractivity contribution in [1.82, 2.24) is 9.21 Å². The van der Waals surface area contributed by atoms with Crippen LogP contribution in [0.4, 0.5) is 0 Å². The maximum Gasteiger partial charge on any atom is 0.277 e. The first-order chi connectivity index (χ1) is 12.4. The van der Waals surface area contributed by atoms with E-state index in [0.717, 1.165) is 37.3 Å². The second-order valence-electron chi connectivity index (χ2n) is 8.57. The predicted molar refractivity (Wildman–Crippen MR) is 104 cm³/mol. The Morgan fingerprint density at radius 1 is 1.15 bits per heavy atom. The Labute approximate surface area is 157 Å². The van der Waals surface area contributed by atoms with Crippen molar-refractivity contribution in [3.05, 3.63) is 35.9 Å². The number of rotatable bonds is 6. The van der Waals surface area contributed by atoms with Gasteiger partial charge in [0.1, 0.15) is 0 Å². The fraction of sp³-hybridized carbons (Fsp3) is 0.700. The van der Waals surface area contributed by atoms with E-state index in [2.05, 4.69) is 42.2 Å². The average molecular weight is 378 g/mol. The molecule has 0 aromatic heterocycles. The van der Waals surface area contributed by atoms with Gasteiger partial charge in [0.25, 0.3) is 10.2 Å². The molecule has 2 N–H and O–H groups in total. The maximum absolute atomic E-state index is 11.5. The summed E-state index contributed by atoms with van der Waals surface area (Å²) in [6.45, 7) is 5.48. The molecule has 0 bridgehead atoms. The molecule has 3 aliphatic rings. The van der Waals surface area contributed by atoms with Gasteiger partial charge in [-0.2, -0.15) is 12.7 Å². The molecule has 0 spiro atoms. The summed E-state index contributed by atoms with van der Waals surface area (Å²) in [5, 5.41) is 5.27. The largest absolute Gasteiger partial charge is 0.295 e. The first-order valence-corrected chi connectivity index (χ1v) is 11.5. The number of hydrogen-bond acceptors (Lipinski definition) is 3. The van der Waals surface area contributed by atoms with Crippen LogP contribution >= 0.6 is 0 Å². The number of piperidine rings is 1. The van der Waals surface area contributed by atoms with E-state index in [0.29, 0.717) is 13.1 Å². The molecule has 1 saturated carbocycles. The van der Waals surface area contributed by atoms with Crippen LogP contribution in [0.5, 0.6) is 0 Å². The zero-order valence-electron chi connectivity index (χ0n) is 15.7. The lowest BCUT2D eigenvalue weighted by atomic mass is 9.82. The quantitative estimate of drug-likeness (QED) is 0.828. The van der Waals surface area contributed by atoms with Crippen LogP contribution in [0.15, 0.2) is 30.3 Å². The van der Waals surface area contributed by atoms with E-state index in [4.69, 9.17) is 5.14 Å². The van der Waals surface area contributed by atoms with Gasteiger partial charge in [-0.3, -0.25) is 4.90 Å². The summed E-state index contributed by atoms with van der Waals surface area (Å²) in [6.07, 6.45) is 6.19. The first kappa shape index (κ1) is 18.4. The summed E-state index contributed by atoms with van der Waals surface area (Å²) in [5.74, 6) is 2.48. The molecule has 3 fully saturated rings. The van der Waals surface area contributed by atoms with Gasteiger partial charge in [-0.15, -0.1) is 0 Å². The Bertz CT molecular complexity index is 723. The molecule has 144 valence electrons. The van der Waals surface area contributed by atoms with E-state index in [9.17, 15) is 8.42 Å². The molecule has 2 heterocycles. The molecule has 1 unspecified atom stereocenters. The Balaban J connectivity index is 1.26. The highest BCUT2D eigenvalue weighted by Gasteiger charge is 2.50. The van der Waals surface area contributed by atoms with E-state index < -0.39 is 10.2 Å². The van der Waals surface area contributed by atoms with Gasteiger partial charge < -0.3 is 0 Å². The zero-order chi connectivity index (χ0) is 18.4. The van der Waals surface area contributed by atoms with E-state index in [1.807, 2.05) is 0 Å². The van der Waals surface area contributed by atoms with Crippen LogP contribution in [0.25, 0.3) is 0 Å². The molecule has 0 radical (unpaired) electrons. The van der Waals surface area contributed by atoms with Gasteiger partial charge in [-0.1, -0.05) is 37.3 Å². The minimum atomic E-state index is -3.53. The fourth-order valence-electron chi connectivity index (χ4n) is 5.13. The predicted octanol–water partition coefficient (Wildman–Crippen LogP) is 2.56. The van der Waals surface area contributed by atoms with Gasteiger partial charge in [-0.05, 0) is 68.5 Å². The molecule has 1 aromatic carbocycles. The lowest BCUT2D eigenvalue weighted by Gasteiger charge is -2.56. The normalized spacial score (nSPS) is 30.1. The van der Waals surface area contributed by atoms with E-state index in [-0.39, 0.29) is 5.54 Å². The Kier molecular flexibility index (Phi) is 4.88. The Morgan fingerprint density at radius 2 is 1.81 bits per heavy atom. The number of benzene rings is 1. The number of likely N-dealkylation sites (tertiary alicyclic amines) is 1. The lowest BCUT2D eigenvalue weighted by molar-refractivity contribution is -0.0359. The average Bonchev–Trinajstić information content (AvgIpc) is 3.35. The molecule has 26 heavy (non-hydrogen) atoms. The van der Waals surface area contributed by atoms with Crippen molar-refractivity contribution in [3.63, 3.8) is 0 Å². The fourth-order valence-corrected chi connectivity index (χ4v) is 5.97. The van der Waals surface area contributed by atoms with Crippen LogP contribution in [-0.2, 0) is 10.2 Å². The maximum atomic E-state index is 11.5. The summed E-state index contributed by atoms with van der Waals surface area (Å²) < 4.78 is 24.4. The molecule has 1 aromatic rings. The summed E-state index contributed by atoms with van der Waals surface area (Å²) in [7, 11) is -3.53. The van der Waals surface area contributed by atoms with Gasteiger partial charge in [0.15, 0.2) is 0 Å². The van der Waals surface area contributed by atoms with Crippen molar-refractivity contribution in [2.45, 2.75) is 50.5 Å². The van der Waals surface area contributed by atoms with Crippen LogP contribution < -0.4 is 5.14 Å². The molecule has 6 heteroatoms. The number of nitrogens with two attached hydrogens (primary N) is 1. The highest BCUT2D eigenvalue weighted by Crippen LogP contribution is 2.52. The zero-order valence-corrected chi connectivity index (χ0v) is 16.5. The highest BCUT2D eigenvalue weighted by molar-refractivity contribution is 7.86. The monoisotopic (exact) mass is 377 g/mol. The topological polar surface area (TPSA) is 66.6 Å². The first-order valence-electron chi connectivity index (χ1n) is 9.99. The second-order valence-corrected chi connectivity index (χ2v) is 10.1. The SMILES string of the molecule is CCC1(N2CCC(CC3C[C@H]3c3ccccc3)CC2)CN(S(N)(=O)=O)C1. The molecule has 5 nitrogen and oxygen atoms in total. The minimum absolute atomic E-state index is 0.0174. The summed E-state index contributed by atoms with van der Waals surface area (Å²) in [5.41, 5.74) is 1.53. The second kappa shape index (κ2) is 6.89. The van der Waals surface area contributed by atoms with Gasteiger partial charge in [0.2, 0.25) is 0 Å². The van der Waals surface area contributed by atoms with Crippen LogP contribution in [0, 0.1) is 11.8 Å². The van der Waals surface area contributed by atoms with Crippen molar-refractivity contribution >= 4 is 10.2 Å². The summed E-state index contributed by atoms with van der Waals surface area (Å²) in [4.78, 5) is 2.53. The van der Waals surface area contributed by atoms with Crippen LogP contribution in [0.1, 0.15) is 50.5 Å². The van der Waals surface area contributed by atoms with E-state index in [1.165, 1.54) is 35.6 Å². The summed E-state index contributed by atoms with van der Waals surface area (Å²) in [6, 6.07) is 10.9. The molecule has 2 aliphatic heterocycles. The molecule has 2 atom stereocenters. The van der Waals surface area contributed by atoms with Gasteiger partial charge in [0.05, 0.1) is 0 Å². The van der Waals surface area contributed by atoms with Crippen molar-refractivity contribution in [1.29, 1.82) is 0 Å². The van der Waals surface area contributed by atoms with Gasteiger partial charge in [0, 0.05) is 18.6 Å². The van der Waals surface area contributed by atoms with Crippen LogP contribution in [-0.4, -0.2) is 49.3 Å². The summed E-state index contributed by atoms with van der Waals surface area (Å²) >= 11 is 0. The molecule has 1 aliphatic carbocycles. The van der Waals surface area contributed by atoms with Gasteiger partial charge >= 0.3 is 0 Å². The third kappa shape index (κ3) is 3.57. The van der Waals surface area contributed by atoms with Crippen molar-refractivity contribution in [2.24, 2.45) is 17.0 Å². The van der Waals surface area contributed by atoms with Crippen molar-refractivity contribution in [2.75, 3.05) is 26.2 Å². The lowest BCUT2D eigenvalue weighted by Crippen LogP contribution is -2.72. The smallest absolute Gasteiger partial charge is 0.277 e. The Hall–Kier alpha value is -0.950. The number of hydrogen-bond donors (Lipinski definition) is 1. The van der Waals surface area contributed by atoms with E-state index in [1.54, 1.807) is 0 Å². The van der Waals surface area contributed by atoms with E-state index >= 15 is 0 Å². The molecule has 4 rings (SSSR count). The molecular formula is C20H31N3O2S. The highest BCUT2D eigenvalue weighted by atomic mass is 32.2. The molecular weight excluding hydrogens is 346 g/mol. The third-order valence-corrected chi connectivity index (χ3v) is 8.01. The molecule has 0 amide bonds.